The molecule has 1 unspecified atom stereocenters. The van der Waals surface area contributed by atoms with Crippen LogP contribution in [0.2, 0.25) is 0 Å². The Kier molecular flexibility index (Phi) is 4.73. The van der Waals surface area contributed by atoms with E-state index in [1.807, 2.05) is 0 Å². The van der Waals surface area contributed by atoms with Gasteiger partial charge in [0.25, 0.3) is 5.91 Å². The number of amides is 1. The van der Waals surface area contributed by atoms with E-state index in [-0.39, 0.29) is 11.5 Å². The van der Waals surface area contributed by atoms with Crippen molar-refractivity contribution in [1.29, 1.82) is 0 Å². The van der Waals surface area contributed by atoms with Crippen LogP contribution in [-0.2, 0) is 4.79 Å². The van der Waals surface area contributed by atoms with Gasteiger partial charge in [0.15, 0.2) is 6.04 Å². The summed E-state index contributed by atoms with van der Waals surface area (Å²) in [5, 5.41) is 17.2. The smallest absolute Gasteiger partial charge is 0.358 e. The van der Waals surface area contributed by atoms with Crippen molar-refractivity contribution in [2.24, 2.45) is 0 Å². The SMILES string of the molecule is CCC(C(=O)Nc1cc(C)ccc1F)n1nc([N+](=O)[O-])cc1C. The number of hydrogen-bond acceptors (Lipinski definition) is 4. The largest absolute Gasteiger partial charge is 0.390 e. The first-order valence-corrected chi connectivity index (χ1v) is 7.11. The average Bonchev–Trinajstić information content (AvgIpc) is 2.86. The number of carbonyl (C=O) groups is 1. The molecule has 1 atom stereocenters. The van der Waals surface area contributed by atoms with Gasteiger partial charge in [0, 0.05) is 0 Å². The van der Waals surface area contributed by atoms with E-state index in [0.717, 1.165) is 5.56 Å². The molecule has 122 valence electrons. The summed E-state index contributed by atoms with van der Waals surface area (Å²) in [6.45, 7) is 5.17. The number of hydrogen-bond donors (Lipinski definition) is 1. The highest BCUT2D eigenvalue weighted by Crippen LogP contribution is 2.22. The van der Waals surface area contributed by atoms with Crippen molar-refractivity contribution in [3.8, 4) is 0 Å². The van der Waals surface area contributed by atoms with Gasteiger partial charge in [0.05, 0.1) is 22.5 Å². The summed E-state index contributed by atoms with van der Waals surface area (Å²) < 4.78 is 15.1. The molecule has 1 aromatic heterocycles. The summed E-state index contributed by atoms with van der Waals surface area (Å²) in [7, 11) is 0. The fourth-order valence-corrected chi connectivity index (χ4v) is 2.30. The van der Waals surface area contributed by atoms with Crippen molar-refractivity contribution >= 4 is 17.4 Å². The lowest BCUT2D eigenvalue weighted by molar-refractivity contribution is -0.389. The lowest BCUT2D eigenvalue weighted by Gasteiger charge is -2.15. The predicted molar refractivity (Wildman–Crippen MR) is 82.7 cm³/mol. The van der Waals surface area contributed by atoms with E-state index in [1.165, 1.54) is 22.9 Å². The highest BCUT2D eigenvalue weighted by molar-refractivity contribution is 5.93. The molecule has 0 saturated heterocycles. The van der Waals surface area contributed by atoms with Crippen LogP contribution >= 0.6 is 0 Å². The molecule has 0 fully saturated rings. The van der Waals surface area contributed by atoms with Crippen LogP contribution < -0.4 is 5.32 Å². The molecule has 1 amide bonds. The maximum atomic E-state index is 13.8. The fourth-order valence-electron chi connectivity index (χ4n) is 2.30. The van der Waals surface area contributed by atoms with Crippen LogP contribution in [0.4, 0.5) is 15.9 Å². The van der Waals surface area contributed by atoms with Gasteiger partial charge in [0.1, 0.15) is 5.82 Å². The number of nitro groups is 1. The quantitative estimate of drug-likeness (QED) is 0.677. The van der Waals surface area contributed by atoms with Crippen LogP contribution in [0.5, 0.6) is 0 Å². The third-order valence-electron chi connectivity index (χ3n) is 3.46. The minimum absolute atomic E-state index is 0.0766. The van der Waals surface area contributed by atoms with Gasteiger partial charge in [-0.15, -0.1) is 0 Å². The van der Waals surface area contributed by atoms with Gasteiger partial charge in [-0.2, -0.15) is 4.68 Å². The van der Waals surface area contributed by atoms with E-state index in [1.54, 1.807) is 26.8 Å². The van der Waals surface area contributed by atoms with Gasteiger partial charge < -0.3 is 15.4 Å². The molecule has 0 bridgehead atoms. The molecule has 2 rings (SSSR count). The zero-order valence-corrected chi connectivity index (χ0v) is 13.0. The number of aryl methyl sites for hydroxylation is 2. The summed E-state index contributed by atoms with van der Waals surface area (Å²) >= 11 is 0. The van der Waals surface area contributed by atoms with Crippen molar-refractivity contribution in [3.63, 3.8) is 0 Å². The Balaban J connectivity index is 2.28. The minimum Gasteiger partial charge on any atom is -0.358 e. The molecule has 1 N–H and O–H groups in total. The van der Waals surface area contributed by atoms with Crippen LogP contribution in [0.25, 0.3) is 0 Å². The topological polar surface area (TPSA) is 90.1 Å². The molecule has 8 heteroatoms. The number of halogens is 1. The zero-order valence-electron chi connectivity index (χ0n) is 13.0. The van der Waals surface area contributed by atoms with Crippen LogP contribution in [0.1, 0.15) is 30.6 Å². The highest BCUT2D eigenvalue weighted by Gasteiger charge is 2.27. The van der Waals surface area contributed by atoms with Crippen molar-refractivity contribution in [3.05, 3.63) is 51.5 Å². The summed E-state index contributed by atoms with van der Waals surface area (Å²) in [5.41, 5.74) is 1.37. The van der Waals surface area contributed by atoms with E-state index in [9.17, 15) is 19.3 Å². The molecule has 0 aliphatic carbocycles. The third kappa shape index (κ3) is 3.53. The predicted octanol–water partition coefficient (Wildman–Crippen LogP) is 3.14. The monoisotopic (exact) mass is 320 g/mol. The van der Waals surface area contributed by atoms with Crippen molar-refractivity contribution in [2.75, 3.05) is 5.32 Å². The van der Waals surface area contributed by atoms with Gasteiger partial charge in [-0.1, -0.05) is 13.0 Å². The Morgan fingerprint density at radius 2 is 2.13 bits per heavy atom. The van der Waals surface area contributed by atoms with E-state index in [4.69, 9.17) is 0 Å². The molecule has 7 nitrogen and oxygen atoms in total. The lowest BCUT2D eigenvalue weighted by atomic mass is 10.1. The summed E-state index contributed by atoms with van der Waals surface area (Å²) in [6, 6.07) is 4.93. The lowest BCUT2D eigenvalue weighted by Crippen LogP contribution is -2.27. The molecule has 1 aromatic carbocycles. The molecule has 23 heavy (non-hydrogen) atoms. The number of rotatable bonds is 5. The van der Waals surface area contributed by atoms with Gasteiger partial charge in [0.2, 0.25) is 0 Å². The maximum absolute atomic E-state index is 13.8. The second kappa shape index (κ2) is 6.55. The van der Waals surface area contributed by atoms with E-state index in [2.05, 4.69) is 10.4 Å². The molecule has 0 aliphatic rings. The number of benzene rings is 1. The van der Waals surface area contributed by atoms with E-state index in [0.29, 0.717) is 12.1 Å². The highest BCUT2D eigenvalue weighted by atomic mass is 19.1. The Morgan fingerprint density at radius 3 is 2.70 bits per heavy atom. The molecular weight excluding hydrogens is 303 g/mol. The normalized spacial score (nSPS) is 12.0. The fraction of sp³-hybridized carbons (Fsp3) is 0.333. The minimum atomic E-state index is -0.761. The van der Waals surface area contributed by atoms with Gasteiger partial charge >= 0.3 is 5.82 Å². The number of anilines is 1. The van der Waals surface area contributed by atoms with Crippen LogP contribution in [0, 0.1) is 29.8 Å². The Labute approximate surface area is 132 Å². The van der Waals surface area contributed by atoms with Crippen molar-refractivity contribution < 1.29 is 14.1 Å². The number of nitrogens with one attached hydrogen (secondary N) is 1. The first-order chi connectivity index (χ1) is 10.8. The van der Waals surface area contributed by atoms with E-state index >= 15 is 0 Å². The molecule has 0 aliphatic heterocycles. The summed E-state index contributed by atoms with van der Waals surface area (Å²) in [5.74, 6) is -1.34. The van der Waals surface area contributed by atoms with Gasteiger partial charge in [-0.3, -0.25) is 4.79 Å². The number of carbonyl (C=O) groups excluding carboxylic acids is 1. The standard InChI is InChI=1S/C15H17FN4O3/c1-4-13(19-10(3)8-14(18-19)20(22)23)15(21)17-12-7-9(2)5-6-11(12)16/h5-8,13H,4H2,1-3H3,(H,17,21). The number of aromatic nitrogens is 2. The third-order valence-corrected chi connectivity index (χ3v) is 3.46. The summed E-state index contributed by atoms with van der Waals surface area (Å²) in [6.07, 6.45) is 0.360. The second-order valence-corrected chi connectivity index (χ2v) is 5.24. The molecule has 0 saturated carbocycles. The number of nitrogens with zero attached hydrogens (tertiary/aromatic N) is 3. The van der Waals surface area contributed by atoms with Crippen LogP contribution in [0.3, 0.4) is 0 Å². The molecule has 1 heterocycles. The molecule has 0 radical (unpaired) electrons. The average molecular weight is 320 g/mol. The van der Waals surface area contributed by atoms with Crippen LogP contribution in [-0.4, -0.2) is 20.6 Å². The first-order valence-electron chi connectivity index (χ1n) is 7.11. The summed E-state index contributed by atoms with van der Waals surface area (Å²) in [4.78, 5) is 22.6. The van der Waals surface area contributed by atoms with Gasteiger partial charge in [-0.25, -0.2) is 4.39 Å². The van der Waals surface area contributed by atoms with E-state index < -0.39 is 22.7 Å². The Morgan fingerprint density at radius 1 is 1.43 bits per heavy atom. The Hall–Kier alpha value is -2.77. The first kappa shape index (κ1) is 16.6. The Bertz CT molecular complexity index is 757. The molecule has 0 spiro atoms. The van der Waals surface area contributed by atoms with Gasteiger partial charge in [-0.05, 0) is 42.9 Å². The van der Waals surface area contributed by atoms with Crippen molar-refractivity contribution in [2.45, 2.75) is 33.2 Å². The zero-order chi connectivity index (χ0) is 17.1. The van der Waals surface area contributed by atoms with Crippen LogP contribution in [0.15, 0.2) is 24.3 Å². The molecular formula is C15H17FN4O3. The van der Waals surface area contributed by atoms with Crippen molar-refractivity contribution in [1.82, 2.24) is 9.78 Å². The second-order valence-electron chi connectivity index (χ2n) is 5.24. The molecule has 2 aromatic rings. The maximum Gasteiger partial charge on any atom is 0.390 e.